The average Bonchev–Trinajstić information content (AvgIpc) is 3.20. The van der Waals surface area contributed by atoms with Crippen LogP contribution in [0.2, 0.25) is 0 Å². The Bertz CT molecular complexity index is 1280. The summed E-state index contributed by atoms with van der Waals surface area (Å²) >= 11 is 0. The second kappa shape index (κ2) is 8.08. The van der Waals surface area contributed by atoms with E-state index in [-0.39, 0.29) is 24.0 Å². The molecule has 2 heterocycles. The minimum absolute atomic E-state index is 0.0436. The number of hydrogen-bond donors (Lipinski definition) is 1. The zero-order valence-electron chi connectivity index (χ0n) is 15.9. The lowest BCUT2D eigenvalue weighted by Crippen LogP contribution is -2.29. The molecule has 30 heavy (non-hydrogen) atoms. The van der Waals surface area contributed by atoms with Crippen molar-refractivity contribution in [2.45, 2.75) is 13.5 Å². The highest BCUT2D eigenvalue weighted by molar-refractivity contribution is 5.90. The number of carbonyl (C=O) groups is 1. The van der Waals surface area contributed by atoms with Crippen LogP contribution in [0.4, 0.5) is 10.1 Å². The first-order chi connectivity index (χ1) is 14.5. The van der Waals surface area contributed by atoms with E-state index in [1.54, 1.807) is 12.1 Å². The second-order valence-corrected chi connectivity index (χ2v) is 6.57. The molecule has 9 heteroatoms. The van der Waals surface area contributed by atoms with Crippen LogP contribution >= 0.6 is 0 Å². The number of halogens is 1. The van der Waals surface area contributed by atoms with Crippen LogP contribution in [0, 0.1) is 12.7 Å². The van der Waals surface area contributed by atoms with E-state index in [9.17, 15) is 14.0 Å². The lowest BCUT2D eigenvalue weighted by atomic mass is 10.2. The van der Waals surface area contributed by atoms with E-state index in [0.717, 1.165) is 10.2 Å². The molecule has 8 nitrogen and oxygen atoms in total. The van der Waals surface area contributed by atoms with Gasteiger partial charge in [-0.25, -0.2) is 9.07 Å². The van der Waals surface area contributed by atoms with Crippen molar-refractivity contribution in [2.24, 2.45) is 0 Å². The second-order valence-electron chi connectivity index (χ2n) is 6.57. The first-order valence-electron chi connectivity index (χ1n) is 9.03. The molecule has 4 rings (SSSR count). The van der Waals surface area contributed by atoms with Gasteiger partial charge >= 0.3 is 0 Å². The number of nitrogens with zero attached hydrogens (tertiary/aromatic N) is 4. The van der Waals surface area contributed by atoms with Gasteiger partial charge in [0.25, 0.3) is 11.4 Å². The third-order valence-electron chi connectivity index (χ3n) is 4.19. The highest BCUT2D eigenvalue weighted by Crippen LogP contribution is 2.20. The van der Waals surface area contributed by atoms with Gasteiger partial charge in [0.05, 0.1) is 0 Å². The maximum absolute atomic E-state index is 13.4. The van der Waals surface area contributed by atoms with E-state index < -0.39 is 17.3 Å². The van der Waals surface area contributed by atoms with E-state index in [4.69, 9.17) is 4.52 Å². The van der Waals surface area contributed by atoms with Gasteiger partial charge in [0.15, 0.2) is 0 Å². The van der Waals surface area contributed by atoms with Crippen molar-refractivity contribution in [3.8, 4) is 23.0 Å². The fraction of sp³-hybridized carbons (Fsp3) is 0.0952. The van der Waals surface area contributed by atoms with Gasteiger partial charge in [-0.1, -0.05) is 29.4 Å². The van der Waals surface area contributed by atoms with Gasteiger partial charge in [-0.3, -0.25) is 9.59 Å². The van der Waals surface area contributed by atoms with Crippen LogP contribution in [-0.4, -0.2) is 25.8 Å². The van der Waals surface area contributed by atoms with Gasteiger partial charge in [-0.15, -0.1) is 0 Å². The molecule has 150 valence electrons. The van der Waals surface area contributed by atoms with Crippen LogP contribution in [0.5, 0.6) is 0 Å². The lowest BCUT2D eigenvalue weighted by molar-refractivity contribution is -0.117. The van der Waals surface area contributed by atoms with Crippen molar-refractivity contribution in [1.82, 2.24) is 19.9 Å². The number of aromatic nitrogens is 4. The molecule has 0 saturated carbocycles. The van der Waals surface area contributed by atoms with E-state index in [1.165, 1.54) is 30.3 Å². The number of carbonyl (C=O) groups excluding carboxylic acids is 1. The molecule has 1 N–H and O–H groups in total. The first-order valence-corrected chi connectivity index (χ1v) is 9.03. The minimum atomic E-state index is -0.456. The Labute approximate surface area is 170 Å². The third-order valence-corrected chi connectivity index (χ3v) is 4.19. The van der Waals surface area contributed by atoms with Crippen LogP contribution in [-0.2, 0) is 11.3 Å². The van der Waals surface area contributed by atoms with Crippen molar-refractivity contribution in [3.63, 3.8) is 0 Å². The first kappa shape index (κ1) is 19.2. The van der Waals surface area contributed by atoms with Crippen LogP contribution < -0.4 is 10.9 Å². The lowest BCUT2D eigenvalue weighted by Gasteiger charge is -2.07. The molecule has 0 aliphatic heterocycles. The van der Waals surface area contributed by atoms with Crippen molar-refractivity contribution >= 4 is 11.6 Å². The van der Waals surface area contributed by atoms with E-state index in [2.05, 4.69) is 20.6 Å². The number of benzene rings is 2. The number of aryl methyl sites for hydroxylation is 1. The topological polar surface area (TPSA) is 103 Å². The number of anilines is 1. The molecule has 2 aromatic carbocycles. The van der Waals surface area contributed by atoms with Gasteiger partial charge in [-0.2, -0.15) is 10.1 Å². The Morgan fingerprint density at radius 2 is 1.97 bits per heavy atom. The summed E-state index contributed by atoms with van der Waals surface area (Å²) in [6, 6.07) is 15.7. The fourth-order valence-electron chi connectivity index (χ4n) is 2.81. The Hall–Kier alpha value is -4.14. The summed E-state index contributed by atoms with van der Waals surface area (Å²) in [5, 5.41) is 10.7. The number of nitrogens with one attached hydrogen (secondary N) is 1. The normalized spacial score (nSPS) is 10.7. The van der Waals surface area contributed by atoms with Crippen LogP contribution in [0.1, 0.15) is 5.56 Å². The van der Waals surface area contributed by atoms with E-state index >= 15 is 0 Å². The van der Waals surface area contributed by atoms with Crippen LogP contribution in [0.25, 0.3) is 23.0 Å². The number of hydrogen-bond acceptors (Lipinski definition) is 6. The zero-order chi connectivity index (χ0) is 21.1. The SMILES string of the molecule is Cc1cccc(NC(=O)Cn2nc(-c3nc(-c4cccc(F)c4)no3)ccc2=O)c1. The standard InChI is InChI=1S/C21H16FN5O3/c1-13-4-2-7-16(10-13)23-18(28)12-27-19(29)9-8-17(25-27)21-24-20(26-30-21)14-5-3-6-15(22)11-14/h2-11H,12H2,1H3,(H,23,28). The Kier molecular flexibility index (Phi) is 5.17. The number of amides is 1. The highest BCUT2D eigenvalue weighted by atomic mass is 19.1. The van der Waals surface area contributed by atoms with Crippen LogP contribution in [0.3, 0.4) is 0 Å². The third kappa shape index (κ3) is 4.30. The summed E-state index contributed by atoms with van der Waals surface area (Å²) in [4.78, 5) is 28.6. The molecule has 4 aromatic rings. The average molecular weight is 405 g/mol. The Balaban J connectivity index is 1.55. The summed E-state index contributed by atoms with van der Waals surface area (Å²) in [6.45, 7) is 1.62. The molecular formula is C21H16FN5O3. The molecule has 0 aliphatic carbocycles. The molecule has 2 aromatic heterocycles. The molecule has 0 atom stereocenters. The summed E-state index contributed by atoms with van der Waals surface area (Å²) in [6.07, 6.45) is 0. The van der Waals surface area contributed by atoms with Gasteiger partial charge in [0.2, 0.25) is 11.7 Å². The molecular weight excluding hydrogens is 389 g/mol. The molecule has 0 aliphatic rings. The predicted molar refractivity (Wildman–Crippen MR) is 107 cm³/mol. The van der Waals surface area contributed by atoms with Crippen molar-refractivity contribution in [2.75, 3.05) is 5.32 Å². The van der Waals surface area contributed by atoms with Crippen molar-refractivity contribution in [1.29, 1.82) is 0 Å². The number of rotatable bonds is 5. The monoisotopic (exact) mass is 405 g/mol. The van der Waals surface area contributed by atoms with Crippen LogP contribution in [0.15, 0.2) is 70.0 Å². The maximum Gasteiger partial charge on any atom is 0.278 e. The summed E-state index contributed by atoms with van der Waals surface area (Å²) in [5.41, 5.74) is 1.82. The van der Waals surface area contributed by atoms with E-state index in [0.29, 0.717) is 11.3 Å². The van der Waals surface area contributed by atoms with Gasteiger partial charge in [0.1, 0.15) is 18.1 Å². The zero-order valence-corrected chi connectivity index (χ0v) is 15.9. The summed E-state index contributed by atoms with van der Waals surface area (Å²) < 4.78 is 19.6. The Morgan fingerprint density at radius 3 is 2.77 bits per heavy atom. The smallest absolute Gasteiger partial charge is 0.278 e. The molecule has 0 unspecified atom stereocenters. The molecule has 0 fully saturated rings. The molecule has 0 spiro atoms. The molecule has 0 saturated heterocycles. The van der Waals surface area contributed by atoms with Gasteiger partial charge in [-0.05, 0) is 42.8 Å². The van der Waals surface area contributed by atoms with Crippen molar-refractivity contribution in [3.05, 3.63) is 82.4 Å². The minimum Gasteiger partial charge on any atom is -0.332 e. The Morgan fingerprint density at radius 1 is 1.13 bits per heavy atom. The summed E-state index contributed by atoms with van der Waals surface area (Å²) in [7, 11) is 0. The fourth-order valence-corrected chi connectivity index (χ4v) is 2.81. The maximum atomic E-state index is 13.4. The molecule has 1 amide bonds. The van der Waals surface area contributed by atoms with Gasteiger partial charge in [0, 0.05) is 17.3 Å². The largest absolute Gasteiger partial charge is 0.332 e. The van der Waals surface area contributed by atoms with E-state index in [1.807, 2.05) is 25.1 Å². The van der Waals surface area contributed by atoms with Gasteiger partial charge < -0.3 is 9.84 Å². The molecule has 0 bridgehead atoms. The van der Waals surface area contributed by atoms with Crippen molar-refractivity contribution < 1.29 is 13.7 Å². The molecule has 0 radical (unpaired) electrons. The quantitative estimate of drug-likeness (QED) is 0.547. The summed E-state index contributed by atoms with van der Waals surface area (Å²) in [5.74, 6) is -0.605. The highest BCUT2D eigenvalue weighted by Gasteiger charge is 2.15. The predicted octanol–water partition coefficient (Wildman–Crippen LogP) is 3.05.